The monoisotopic (exact) mass is 356 g/mol. The van der Waals surface area contributed by atoms with Gasteiger partial charge in [0.2, 0.25) is 5.91 Å². The summed E-state index contributed by atoms with van der Waals surface area (Å²) in [5, 5.41) is 5.30. The Morgan fingerprint density at radius 1 is 1.04 bits per heavy atom. The molecule has 0 saturated carbocycles. The van der Waals surface area contributed by atoms with E-state index in [4.69, 9.17) is 9.47 Å². The smallest absolute Gasteiger partial charge is 0.251 e. The molecular formula is C20H24N2O4. The fourth-order valence-corrected chi connectivity index (χ4v) is 2.24. The van der Waals surface area contributed by atoms with Gasteiger partial charge in [-0.3, -0.25) is 9.59 Å². The molecule has 138 valence electrons. The molecule has 0 unspecified atom stereocenters. The second kappa shape index (κ2) is 10.1. The van der Waals surface area contributed by atoms with E-state index in [0.717, 1.165) is 18.6 Å². The van der Waals surface area contributed by atoms with Crippen LogP contribution in [0.5, 0.6) is 11.5 Å². The molecule has 2 N–H and O–H groups in total. The van der Waals surface area contributed by atoms with Crippen molar-refractivity contribution < 1.29 is 19.1 Å². The van der Waals surface area contributed by atoms with Crippen LogP contribution in [0.4, 0.5) is 5.69 Å². The first-order valence-electron chi connectivity index (χ1n) is 8.58. The maximum Gasteiger partial charge on any atom is 0.251 e. The van der Waals surface area contributed by atoms with Gasteiger partial charge in [-0.2, -0.15) is 0 Å². The van der Waals surface area contributed by atoms with Gasteiger partial charge in [-0.25, -0.2) is 0 Å². The van der Waals surface area contributed by atoms with E-state index in [9.17, 15) is 9.59 Å². The number of carbonyl (C=O) groups is 2. The van der Waals surface area contributed by atoms with Crippen LogP contribution in [0.25, 0.3) is 0 Å². The highest BCUT2D eigenvalue weighted by molar-refractivity contribution is 5.99. The van der Waals surface area contributed by atoms with E-state index >= 15 is 0 Å². The second-order valence-electron chi connectivity index (χ2n) is 5.66. The minimum Gasteiger partial charge on any atom is -0.495 e. The van der Waals surface area contributed by atoms with E-state index in [-0.39, 0.29) is 18.4 Å². The van der Waals surface area contributed by atoms with Crippen LogP contribution in [0, 0.1) is 0 Å². The highest BCUT2D eigenvalue weighted by Gasteiger charge is 2.10. The summed E-state index contributed by atoms with van der Waals surface area (Å²) < 4.78 is 10.7. The third-order valence-electron chi connectivity index (χ3n) is 3.67. The van der Waals surface area contributed by atoms with Gasteiger partial charge in [-0.05, 0) is 42.8 Å². The lowest BCUT2D eigenvalue weighted by atomic mass is 10.2. The Morgan fingerprint density at radius 3 is 2.46 bits per heavy atom. The van der Waals surface area contributed by atoms with Gasteiger partial charge in [0.1, 0.15) is 11.5 Å². The summed E-state index contributed by atoms with van der Waals surface area (Å²) in [6.45, 7) is 2.62. The van der Waals surface area contributed by atoms with E-state index in [1.165, 1.54) is 7.11 Å². The van der Waals surface area contributed by atoms with Gasteiger partial charge in [0.05, 0.1) is 25.9 Å². The van der Waals surface area contributed by atoms with Gasteiger partial charge in [-0.15, -0.1) is 0 Å². The summed E-state index contributed by atoms with van der Waals surface area (Å²) in [6.07, 6.45) is 2.06. The van der Waals surface area contributed by atoms with Crippen LogP contribution < -0.4 is 20.1 Å². The molecule has 0 aromatic heterocycles. The minimum absolute atomic E-state index is 0.133. The molecule has 0 aliphatic carbocycles. The molecule has 6 nitrogen and oxygen atoms in total. The zero-order chi connectivity index (χ0) is 18.8. The molecule has 6 heteroatoms. The van der Waals surface area contributed by atoms with Crippen molar-refractivity contribution in [1.29, 1.82) is 0 Å². The summed E-state index contributed by atoms with van der Waals surface area (Å²) in [4.78, 5) is 24.2. The van der Waals surface area contributed by atoms with Crippen LogP contribution >= 0.6 is 0 Å². The molecule has 0 aliphatic rings. The van der Waals surface area contributed by atoms with E-state index in [1.54, 1.807) is 42.5 Å². The number of carbonyl (C=O) groups excluding carboxylic acids is 2. The Kier molecular flexibility index (Phi) is 7.49. The highest BCUT2D eigenvalue weighted by atomic mass is 16.5. The van der Waals surface area contributed by atoms with Gasteiger partial charge < -0.3 is 20.1 Å². The highest BCUT2D eigenvalue weighted by Crippen LogP contribution is 2.22. The molecule has 26 heavy (non-hydrogen) atoms. The fourth-order valence-electron chi connectivity index (χ4n) is 2.24. The number of hydrogen-bond donors (Lipinski definition) is 2. The third-order valence-corrected chi connectivity index (χ3v) is 3.67. The number of methoxy groups -OCH3 is 1. The molecule has 0 spiro atoms. The van der Waals surface area contributed by atoms with Gasteiger partial charge in [0, 0.05) is 5.56 Å². The molecule has 0 aliphatic heterocycles. The Bertz CT molecular complexity index is 729. The average Bonchev–Trinajstić information content (AvgIpc) is 2.67. The maximum absolute atomic E-state index is 12.1. The van der Waals surface area contributed by atoms with Crippen molar-refractivity contribution in [3.05, 3.63) is 54.1 Å². The van der Waals surface area contributed by atoms with Crippen LogP contribution in [0.15, 0.2) is 48.5 Å². The van der Waals surface area contributed by atoms with Crippen LogP contribution in [-0.2, 0) is 4.79 Å². The standard InChI is InChI=1S/C20H24N2O4/c1-3-4-13-26-16-11-9-15(10-12-16)20(24)21-14-19(23)22-17-7-5-6-8-18(17)25-2/h5-12H,3-4,13-14H2,1-2H3,(H,21,24)(H,22,23). The number of unbranched alkanes of at least 4 members (excludes halogenated alkanes) is 1. The number of anilines is 1. The number of hydrogen-bond acceptors (Lipinski definition) is 4. The Morgan fingerprint density at radius 2 is 1.77 bits per heavy atom. The Labute approximate surface area is 153 Å². The number of benzene rings is 2. The SMILES string of the molecule is CCCCOc1ccc(C(=O)NCC(=O)Nc2ccccc2OC)cc1. The predicted octanol–water partition coefficient (Wildman–Crippen LogP) is 3.24. The Balaban J connectivity index is 1.83. The predicted molar refractivity (Wildman–Crippen MR) is 101 cm³/mol. The molecule has 2 aromatic carbocycles. The molecule has 0 bridgehead atoms. The summed E-state index contributed by atoms with van der Waals surface area (Å²) >= 11 is 0. The first-order chi connectivity index (χ1) is 12.6. The molecule has 2 amide bonds. The zero-order valence-corrected chi connectivity index (χ0v) is 15.1. The first kappa shape index (κ1) is 19.3. The third kappa shape index (κ3) is 5.81. The van der Waals surface area contributed by atoms with Crippen molar-refractivity contribution in [2.75, 3.05) is 25.6 Å². The van der Waals surface area contributed by atoms with E-state index in [0.29, 0.717) is 23.6 Å². The number of amides is 2. The lowest BCUT2D eigenvalue weighted by Gasteiger charge is -2.10. The van der Waals surface area contributed by atoms with Crippen molar-refractivity contribution in [2.45, 2.75) is 19.8 Å². The van der Waals surface area contributed by atoms with Crippen LogP contribution in [0.2, 0.25) is 0 Å². The zero-order valence-electron chi connectivity index (χ0n) is 15.1. The van der Waals surface area contributed by atoms with Crippen molar-refractivity contribution in [2.24, 2.45) is 0 Å². The maximum atomic E-state index is 12.1. The van der Waals surface area contributed by atoms with Gasteiger partial charge in [-0.1, -0.05) is 25.5 Å². The van der Waals surface area contributed by atoms with Crippen molar-refractivity contribution >= 4 is 17.5 Å². The lowest BCUT2D eigenvalue weighted by Crippen LogP contribution is -2.32. The fraction of sp³-hybridized carbons (Fsp3) is 0.300. The average molecular weight is 356 g/mol. The molecule has 0 fully saturated rings. The topological polar surface area (TPSA) is 76.7 Å². The molecule has 0 saturated heterocycles. The van der Waals surface area contributed by atoms with Crippen molar-refractivity contribution in [1.82, 2.24) is 5.32 Å². The lowest BCUT2D eigenvalue weighted by molar-refractivity contribution is -0.115. The minimum atomic E-state index is -0.331. The van der Waals surface area contributed by atoms with Crippen LogP contribution in [0.3, 0.4) is 0 Å². The normalized spacial score (nSPS) is 10.1. The van der Waals surface area contributed by atoms with Crippen LogP contribution in [-0.4, -0.2) is 32.1 Å². The van der Waals surface area contributed by atoms with E-state index in [1.807, 2.05) is 6.07 Å². The molecule has 2 rings (SSSR count). The second-order valence-corrected chi connectivity index (χ2v) is 5.66. The molecule has 2 aromatic rings. The summed E-state index contributed by atoms with van der Waals surface area (Å²) in [6, 6.07) is 13.9. The van der Waals surface area contributed by atoms with Gasteiger partial charge in [0.25, 0.3) is 5.91 Å². The number of nitrogens with one attached hydrogen (secondary N) is 2. The Hall–Kier alpha value is -3.02. The molecule has 0 atom stereocenters. The molecule has 0 radical (unpaired) electrons. The summed E-state index contributed by atoms with van der Waals surface area (Å²) in [5.74, 6) is 0.636. The number of para-hydroxylation sites is 2. The number of ether oxygens (including phenoxy) is 2. The van der Waals surface area contributed by atoms with E-state index < -0.39 is 0 Å². The van der Waals surface area contributed by atoms with Crippen molar-refractivity contribution in [3.63, 3.8) is 0 Å². The van der Waals surface area contributed by atoms with Gasteiger partial charge >= 0.3 is 0 Å². The van der Waals surface area contributed by atoms with Gasteiger partial charge in [0.15, 0.2) is 0 Å². The summed E-state index contributed by atoms with van der Waals surface area (Å²) in [5.41, 5.74) is 1.03. The van der Waals surface area contributed by atoms with Crippen molar-refractivity contribution in [3.8, 4) is 11.5 Å². The molecule has 0 heterocycles. The molecular weight excluding hydrogens is 332 g/mol. The largest absolute Gasteiger partial charge is 0.495 e. The van der Waals surface area contributed by atoms with Crippen LogP contribution in [0.1, 0.15) is 30.1 Å². The summed E-state index contributed by atoms with van der Waals surface area (Å²) in [7, 11) is 1.53. The quantitative estimate of drug-likeness (QED) is 0.676. The first-order valence-corrected chi connectivity index (χ1v) is 8.58. The van der Waals surface area contributed by atoms with E-state index in [2.05, 4.69) is 17.6 Å². The number of rotatable bonds is 9.